The fourth-order valence-corrected chi connectivity index (χ4v) is 3.59. The van der Waals surface area contributed by atoms with Gasteiger partial charge in [-0.25, -0.2) is 0 Å². The largest absolute Gasteiger partial charge is 0.495 e. The maximum atomic E-state index is 12.2. The Kier molecular flexibility index (Phi) is 4.62. The fraction of sp³-hybridized carbons (Fsp3) is 0.158. The molecule has 122 valence electrons. The molecule has 2 aromatic carbocycles. The lowest BCUT2D eigenvalue weighted by atomic mass is 10.2. The first-order chi connectivity index (χ1) is 11.6. The van der Waals surface area contributed by atoms with Crippen LogP contribution in [-0.4, -0.2) is 17.6 Å². The standard InChI is InChI=1S/C19H18N2O2S/c1-13-9-11-15(23-3)17-18(13)24-19(21(17)2)20-16(22)12-10-14-7-5-4-6-8-14/h4-12H,1-3H3. The molecule has 1 amide bonds. The lowest BCUT2D eigenvalue weighted by Crippen LogP contribution is -2.12. The van der Waals surface area contributed by atoms with Gasteiger partial charge in [-0.1, -0.05) is 47.7 Å². The third-order valence-corrected chi connectivity index (χ3v) is 5.02. The Morgan fingerprint density at radius 1 is 1.21 bits per heavy atom. The van der Waals surface area contributed by atoms with E-state index in [1.807, 2.05) is 61.0 Å². The minimum absolute atomic E-state index is 0.280. The molecule has 0 aliphatic heterocycles. The van der Waals surface area contributed by atoms with Gasteiger partial charge in [0.2, 0.25) is 0 Å². The summed E-state index contributed by atoms with van der Waals surface area (Å²) in [5.74, 6) is 0.501. The lowest BCUT2D eigenvalue weighted by molar-refractivity contribution is -0.113. The minimum atomic E-state index is -0.280. The predicted octanol–water partition coefficient (Wildman–Crippen LogP) is 3.70. The summed E-state index contributed by atoms with van der Waals surface area (Å²) < 4.78 is 8.41. The molecule has 0 saturated heterocycles. The van der Waals surface area contributed by atoms with Crippen LogP contribution in [0.25, 0.3) is 16.3 Å². The summed E-state index contributed by atoms with van der Waals surface area (Å²) in [7, 11) is 3.54. The number of hydrogen-bond donors (Lipinski definition) is 0. The number of amides is 1. The number of aryl methyl sites for hydroxylation is 2. The Morgan fingerprint density at radius 2 is 1.96 bits per heavy atom. The molecule has 0 saturated carbocycles. The van der Waals surface area contributed by atoms with Crippen LogP contribution < -0.4 is 9.54 Å². The number of aromatic nitrogens is 1. The smallest absolute Gasteiger partial charge is 0.272 e. The lowest BCUT2D eigenvalue weighted by Gasteiger charge is -2.05. The van der Waals surface area contributed by atoms with Gasteiger partial charge < -0.3 is 9.30 Å². The molecule has 1 aromatic heterocycles. The normalized spacial score (nSPS) is 12.2. The van der Waals surface area contributed by atoms with E-state index in [4.69, 9.17) is 4.74 Å². The van der Waals surface area contributed by atoms with Gasteiger partial charge in [0.15, 0.2) is 4.80 Å². The van der Waals surface area contributed by atoms with Crippen LogP contribution in [-0.2, 0) is 11.8 Å². The van der Waals surface area contributed by atoms with Crippen LogP contribution in [0.3, 0.4) is 0 Å². The summed E-state index contributed by atoms with van der Waals surface area (Å²) in [6, 6.07) is 13.6. The third kappa shape index (κ3) is 3.16. The molecule has 0 fully saturated rings. The summed E-state index contributed by atoms with van der Waals surface area (Å²) in [6.07, 6.45) is 3.26. The zero-order valence-corrected chi connectivity index (χ0v) is 14.6. The molecule has 4 nitrogen and oxygen atoms in total. The van der Waals surface area contributed by atoms with Crippen LogP contribution in [0.2, 0.25) is 0 Å². The number of benzene rings is 2. The highest BCUT2D eigenvalue weighted by Gasteiger charge is 2.11. The molecular weight excluding hydrogens is 320 g/mol. The predicted molar refractivity (Wildman–Crippen MR) is 98.1 cm³/mol. The minimum Gasteiger partial charge on any atom is -0.495 e. The van der Waals surface area contributed by atoms with E-state index >= 15 is 0 Å². The van der Waals surface area contributed by atoms with Crippen LogP contribution in [0.15, 0.2) is 53.5 Å². The van der Waals surface area contributed by atoms with Crippen LogP contribution >= 0.6 is 11.3 Å². The highest BCUT2D eigenvalue weighted by molar-refractivity contribution is 7.16. The molecule has 0 radical (unpaired) electrons. The van der Waals surface area contributed by atoms with Gasteiger partial charge in [0.25, 0.3) is 5.91 Å². The van der Waals surface area contributed by atoms with Gasteiger partial charge in [0, 0.05) is 13.1 Å². The van der Waals surface area contributed by atoms with E-state index in [2.05, 4.69) is 4.99 Å². The summed E-state index contributed by atoms with van der Waals surface area (Å²) in [6.45, 7) is 2.04. The Hall–Kier alpha value is -2.66. The topological polar surface area (TPSA) is 43.6 Å². The first-order valence-electron chi connectivity index (χ1n) is 7.55. The Morgan fingerprint density at radius 3 is 2.67 bits per heavy atom. The molecule has 24 heavy (non-hydrogen) atoms. The molecule has 3 rings (SSSR count). The summed E-state index contributed by atoms with van der Waals surface area (Å²) in [5.41, 5.74) is 3.07. The van der Waals surface area contributed by atoms with Crippen molar-refractivity contribution in [1.82, 2.24) is 4.57 Å². The fourth-order valence-electron chi connectivity index (χ4n) is 2.48. The van der Waals surface area contributed by atoms with Crippen molar-refractivity contribution >= 4 is 33.5 Å². The number of carbonyl (C=O) groups excluding carboxylic acids is 1. The van der Waals surface area contributed by atoms with Crippen molar-refractivity contribution in [1.29, 1.82) is 0 Å². The average molecular weight is 338 g/mol. The second-order valence-corrected chi connectivity index (χ2v) is 6.38. The number of hydrogen-bond acceptors (Lipinski definition) is 3. The highest BCUT2D eigenvalue weighted by Crippen LogP contribution is 2.29. The second-order valence-electron chi connectivity index (χ2n) is 5.40. The summed E-state index contributed by atoms with van der Waals surface area (Å²) in [4.78, 5) is 17.0. The van der Waals surface area contributed by atoms with E-state index in [1.54, 1.807) is 13.2 Å². The number of ether oxygens (including phenoxy) is 1. The Balaban J connectivity index is 2.01. The van der Waals surface area contributed by atoms with Crippen molar-refractivity contribution in [3.63, 3.8) is 0 Å². The van der Waals surface area contributed by atoms with Crippen LogP contribution in [0.4, 0.5) is 0 Å². The van der Waals surface area contributed by atoms with E-state index in [0.717, 1.165) is 27.1 Å². The Labute approximate surface area is 144 Å². The molecule has 0 aliphatic rings. The molecule has 1 heterocycles. The third-order valence-electron chi connectivity index (χ3n) is 3.75. The van der Waals surface area contributed by atoms with Gasteiger partial charge >= 0.3 is 0 Å². The SMILES string of the molecule is COc1ccc(C)c2sc(=NC(=O)C=Cc3ccccc3)n(C)c12. The van der Waals surface area contributed by atoms with Crippen molar-refractivity contribution < 1.29 is 9.53 Å². The quantitative estimate of drug-likeness (QED) is 0.684. The average Bonchev–Trinajstić information content (AvgIpc) is 2.92. The number of fused-ring (bicyclic) bond motifs is 1. The van der Waals surface area contributed by atoms with Crippen LogP contribution in [0.5, 0.6) is 5.75 Å². The van der Waals surface area contributed by atoms with E-state index in [0.29, 0.717) is 4.80 Å². The molecule has 0 unspecified atom stereocenters. The molecule has 0 atom stereocenters. The molecule has 0 N–H and O–H groups in total. The number of thiazole rings is 1. The number of rotatable bonds is 3. The number of methoxy groups -OCH3 is 1. The zero-order valence-electron chi connectivity index (χ0n) is 13.8. The molecule has 0 bridgehead atoms. The van der Waals surface area contributed by atoms with Crippen LogP contribution in [0.1, 0.15) is 11.1 Å². The number of carbonyl (C=O) groups is 1. The monoisotopic (exact) mass is 338 g/mol. The first-order valence-corrected chi connectivity index (χ1v) is 8.36. The second kappa shape index (κ2) is 6.84. The molecule has 0 aliphatic carbocycles. The van der Waals surface area contributed by atoms with Crippen molar-refractivity contribution in [2.45, 2.75) is 6.92 Å². The van der Waals surface area contributed by atoms with E-state index in [9.17, 15) is 4.79 Å². The van der Waals surface area contributed by atoms with E-state index in [-0.39, 0.29) is 5.91 Å². The Bertz CT molecular complexity index is 982. The van der Waals surface area contributed by atoms with Gasteiger partial charge in [-0.15, -0.1) is 0 Å². The van der Waals surface area contributed by atoms with E-state index in [1.165, 1.54) is 17.4 Å². The first kappa shape index (κ1) is 16.2. The van der Waals surface area contributed by atoms with Gasteiger partial charge in [-0.3, -0.25) is 4.79 Å². The van der Waals surface area contributed by atoms with Gasteiger partial charge in [0.1, 0.15) is 11.3 Å². The van der Waals surface area contributed by atoms with Gasteiger partial charge in [0.05, 0.1) is 11.8 Å². The number of nitrogens with zero attached hydrogens (tertiary/aromatic N) is 2. The zero-order chi connectivity index (χ0) is 17.1. The van der Waals surface area contributed by atoms with E-state index < -0.39 is 0 Å². The molecule has 0 spiro atoms. The van der Waals surface area contributed by atoms with Crippen molar-refractivity contribution in [3.8, 4) is 5.75 Å². The molecular formula is C19H18N2O2S. The van der Waals surface area contributed by atoms with Gasteiger partial charge in [-0.2, -0.15) is 4.99 Å². The van der Waals surface area contributed by atoms with Crippen molar-refractivity contribution in [2.24, 2.45) is 12.0 Å². The maximum absolute atomic E-state index is 12.2. The van der Waals surface area contributed by atoms with Crippen molar-refractivity contribution in [3.05, 3.63) is 64.5 Å². The van der Waals surface area contributed by atoms with Crippen LogP contribution in [0, 0.1) is 6.92 Å². The van der Waals surface area contributed by atoms with Gasteiger partial charge in [-0.05, 0) is 30.2 Å². The van der Waals surface area contributed by atoms with Crippen molar-refractivity contribution in [2.75, 3.05) is 7.11 Å². The summed E-state index contributed by atoms with van der Waals surface area (Å²) in [5, 5.41) is 0. The molecule has 3 aromatic rings. The highest BCUT2D eigenvalue weighted by atomic mass is 32.1. The summed E-state index contributed by atoms with van der Waals surface area (Å²) >= 11 is 1.49. The molecule has 5 heteroatoms. The maximum Gasteiger partial charge on any atom is 0.272 e.